The van der Waals surface area contributed by atoms with E-state index in [4.69, 9.17) is 4.74 Å². The largest absolute Gasteiger partial charge is 0.486 e. The average Bonchev–Trinajstić information content (AvgIpc) is 2.87. The van der Waals surface area contributed by atoms with Crippen LogP contribution in [0.15, 0.2) is 30.3 Å². The number of benzene rings is 1. The van der Waals surface area contributed by atoms with Gasteiger partial charge in [-0.2, -0.15) is 13.2 Å². The van der Waals surface area contributed by atoms with E-state index in [0.29, 0.717) is 17.3 Å². The highest BCUT2D eigenvalue weighted by Crippen LogP contribution is 2.34. The summed E-state index contributed by atoms with van der Waals surface area (Å²) in [4.78, 5) is 3.87. The average molecular weight is 316 g/mol. The molecular weight excluding hydrogens is 301 g/mol. The highest BCUT2D eigenvalue weighted by molar-refractivity contribution is 7.11. The van der Waals surface area contributed by atoms with Gasteiger partial charge in [0, 0.05) is 6.54 Å². The summed E-state index contributed by atoms with van der Waals surface area (Å²) >= 11 is 1.03. The normalized spacial score (nSPS) is 11.6. The quantitative estimate of drug-likeness (QED) is 0.879. The van der Waals surface area contributed by atoms with Gasteiger partial charge in [-0.05, 0) is 18.7 Å². The van der Waals surface area contributed by atoms with Crippen LogP contribution in [0.4, 0.5) is 13.2 Å². The van der Waals surface area contributed by atoms with E-state index in [2.05, 4.69) is 10.3 Å². The van der Waals surface area contributed by atoms with E-state index in [9.17, 15) is 13.2 Å². The second-order valence-corrected chi connectivity index (χ2v) is 5.43. The van der Waals surface area contributed by atoms with Crippen molar-refractivity contribution in [1.29, 1.82) is 0 Å². The lowest BCUT2D eigenvalue weighted by molar-refractivity contribution is -0.141. The Labute approximate surface area is 124 Å². The minimum atomic E-state index is -4.44. The van der Waals surface area contributed by atoms with Crippen LogP contribution in [0.3, 0.4) is 0 Å². The number of halogens is 3. The maximum Gasteiger partial charge on any atom is 0.434 e. The Kier molecular flexibility index (Phi) is 5.19. The van der Waals surface area contributed by atoms with Gasteiger partial charge in [-0.3, -0.25) is 0 Å². The molecule has 7 heteroatoms. The fourth-order valence-corrected chi connectivity index (χ4v) is 2.68. The third-order valence-corrected chi connectivity index (χ3v) is 3.68. The van der Waals surface area contributed by atoms with Crippen molar-refractivity contribution in [3.8, 4) is 5.75 Å². The number of aromatic nitrogens is 1. The Bertz CT molecular complexity index is 569. The molecule has 2 aromatic rings. The molecule has 114 valence electrons. The molecule has 21 heavy (non-hydrogen) atoms. The van der Waals surface area contributed by atoms with Crippen LogP contribution < -0.4 is 10.1 Å². The summed E-state index contributed by atoms with van der Waals surface area (Å²) in [7, 11) is 0. The predicted octanol–water partition coefficient (Wildman–Crippen LogP) is 3.85. The molecule has 1 N–H and O–H groups in total. The van der Waals surface area contributed by atoms with Crippen LogP contribution in [0.5, 0.6) is 5.75 Å². The third-order valence-electron chi connectivity index (χ3n) is 2.65. The van der Waals surface area contributed by atoms with Crippen LogP contribution in [0.1, 0.15) is 22.5 Å². The zero-order valence-corrected chi connectivity index (χ0v) is 12.2. The number of nitrogens with one attached hydrogen (secondary N) is 1. The third kappa shape index (κ3) is 4.44. The summed E-state index contributed by atoms with van der Waals surface area (Å²) in [6.07, 6.45) is -4.44. The van der Waals surface area contributed by atoms with Crippen molar-refractivity contribution >= 4 is 11.3 Å². The van der Waals surface area contributed by atoms with Crippen LogP contribution in [0.25, 0.3) is 0 Å². The Morgan fingerprint density at radius 2 is 1.95 bits per heavy atom. The van der Waals surface area contributed by atoms with Gasteiger partial charge in [0.1, 0.15) is 17.4 Å². The van der Waals surface area contributed by atoms with E-state index in [0.717, 1.165) is 11.3 Å². The Hall–Kier alpha value is -1.60. The van der Waals surface area contributed by atoms with Gasteiger partial charge in [-0.1, -0.05) is 25.1 Å². The van der Waals surface area contributed by atoms with E-state index in [1.807, 2.05) is 13.0 Å². The Balaban J connectivity index is 2.11. The Morgan fingerprint density at radius 1 is 1.24 bits per heavy atom. The van der Waals surface area contributed by atoms with Gasteiger partial charge in [0.2, 0.25) is 0 Å². The summed E-state index contributed by atoms with van der Waals surface area (Å²) in [6, 6.07) is 8.94. The molecule has 0 saturated carbocycles. The van der Waals surface area contributed by atoms with Crippen molar-refractivity contribution in [2.75, 3.05) is 6.54 Å². The summed E-state index contributed by atoms with van der Waals surface area (Å²) < 4.78 is 44.2. The molecule has 0 unspecified atom stereocenters. The molecule has 0 bridgehead atoms. The highest BCUT2D eigenvalue weighted by Gasteiger charge is 2.37. The molecule has 0 fully saturated rings. The molecule has 0 aliphatic rings. The lowest BCUT2D eigenvalue weighted by Gasteiger charge is -2.05. The molecule has 0 aliphatic heterocycles. The maximum atomic E-state index is 12.9. The molecular formula is C14H15F3N2OS. The monoisotopic (exact) mass is 316 g/mol. The lowest BCUT2D eigenvalue weighted by Crippen LogP contribution is -2.15. The number of hydrogen-bond donors (Lipinski definition) is 1. The van der Waals surface area contributed by atoms with Crippen molar-refractivity contribution in [3.63, 3.8) is 0 Å². The topological polar surface area (TPSA) is 34.1 Å². The molecule has 0 radical (unpaired) electrons. The summed E-state index contributed by atoms with van der Waals surface area (Å²) in [5.74, 6) is 0.606. The van der Waals surface area contributed by atoms with Gasteiger partial charge >= 0.3 is 6.18 Å². The number of ether oxygens (including phenoxy) is 1. The van der Waals surface area contributed by atoms with Gasteiger partial charge in [0.25, 0.3) is 0 Å². The van der Waals surface area contributed by atoms with Crippen molar-refractivity contribution in [1.82, 2.24) is 10.3 Å². The summed E-state index contributed by atoms with van der Waals surface area (Å²) in [6.45, 7) is 2.64. The van der Waals surface area contributed by atoms with E-state index in [1.54, 1.807) is 24.3 Å². The van der Waals surface area contributed by atoms with Gasteiger partial charge in [-0.25, -0.2) is 4.98 Å². The SMILES string of the molecule is CCNCc1sc(COc2ccccc2)nc1C(F)(F)F. The van der Waals surface area contributed by atoms with Crippen molar-refractivity contribution in [3.05, 3.63) is 45.9 Å². The van der Waals surface area contributed by atoms with Gasteiger partial charge in [0.15, 0.2) is 5.69 Å². The summed E-state index contributed by atoms with van der Waals surface area (Å²) in [5, 5.41) is 3.21. The fourth-order valence-electron chi connectivity index (χ4n) is 1.70. The molecule has 3 nitrogen and oxygen atoms in total. The fraction of sp³-hybridized carbons (Fsp3) is 0.357. The molecule has 0 amide bonds. The van der Waals surface area contributed by atoms with E-state index in [1.165, 1.54) is 0 Å². The first-order chi connectivity index (χ1) is 10.0. The summed E-state index contributed by atoms with van der Waals surface area (Å²) in [5.41, 5.74) is -0.819. The molecule has 1 heterocycles. The molecule has 1 aromatic heterocycles. The highest BCUT2D eigenvalue weighted by atomic mass is 32.1. The van der Waals surface area contributed by atoms with Crippen LogP contribution in [0.2, 0.25) is 0 Å². The van der Waals surface area contributed by atoms with Crippen molar-refractivity contribution < 1.29 is 17.9 Å². The molecule has 1 aromatic carbocycles. The Morgan fingerprint density at radius 3 is 2.57 bits per heavy atom. The number of nitrogens with zero attached hydrogens (tertiary/aromatic N) is 1. The smallest absolute Gasteiger partial charge is 0.434 e. The van der Waals surface area contributed by atoms with Gasteiger partial charge in [-0.15, -0.1) is 11.3 Å². The van der Waals surface area contributed by atoms with E-state index in [-0.39, 0.29) is 18.0 Å². The number of hydrogen-bond acceptors (Lipinski definition) is 4. The second-order valence-electron chi connectivity index (χ2n) is 4.26. The minimum absolute atomic E-state index is 0.0316. The van der Waals surface area contributed by atoms with Crippen LogP contribution in [0, 0.1) is 0 Å². The zero-order chi connectivity index (χ0) is 15.3. The number of alkyl halides is 3. The molecule has 0 saturated heterocycles. The first-order valence-corrected chi connectivity index (χ1v) is 7.26. The zero-order valence-electron chi connectivity index (χ0n) is 11.4. The first-order valence-electron chi connectivity index (χ1n) is 6.45. The molecule has 0 spiro atoms. The standard InChI is InChI=1S/C14H15F3N2OS/c1-2-18-8-11-13(14(15,16)17)19-12(21-11)9-20-10-6-4-3-5-7-10/h3-7,18H,2,8-9H2,1H3. The minimum Gasteiger partial charge on any atom is -0.486 e. The second kappa shape index (κ2) is 6.91. The molecule has 2 rings (SSSR count). The first kappa shape index (κ1) is 15.8. The predicted molar refractivity (Wildman–Crippen MR) is 75.3 cm³/mol. The molecule has 0 atom stereocenters. The molecule has 0 aliphatic carbocycles. The van der Waals surface area contributed by atoms with E-state index >= 15 is 0 Å². The van der Waals surface area contributed by atoms with Gasteiger partial charge < -0.3 is 10.1 Å². The van der Waals surface area contributed by atoms with Crippen LogP contribution >= 0.6 is 11.3 Å². The van der Waals surface area contributed by atoms with Crippen molar-refractivity contribution in [2.45, 2.75) is 26.3 Å². The van der Waals surface area contributed by atoms with Gasteiger partial charge in [0.05, 0.1) is 4.88 Å². The maximum absolute atomic E-state index is 12.9. The number of para-hydroxylation sites is 1. The number of thiazole rings is 1. The lowest BCUT2D eigenvalue weighted by atomic mass is 10.3. The van der Waals surface area contributed by atoms with Crippen molar-refractivity contribution in [2.24, 2.45) is 0 Å². The van der Waals surface area contributed by atoms with Crippen LogP contribution in [-0.2, 0) is 19.3 Å². The number of rotatable bonds is 6. The van der Waals surface area contributed by atoms with Crippen LogP contribution in [-0.4, -0.2) is 11.5 Å². The van der Waals surface area contributed by atoms with E-state index < -0.39 is 11.9 Å².